The zero-order valence-electron chi connectivity index (χ0n) is 17.5. The third kappa shape index (κ3) is 7.39. The first-order valence-corrected chi connectivity index (χ1v) is 10.4. The van der Waals surface area contributed by atoms with Crippen molar-refractivity contribution >= 4 is 0 Å². The average Bonchev–Trinajstić information content (AvgIpc) is 2.78. The Morgan fingerprint density at radius 2 is 1.27 bits per heavy atom. The maximum atomic E-state index is 10.8. The van der Waals surface area contributed by atoms with Crippen LogP contribution in [0.5, 0.6) is 0 Å². The lowest BCUT2D eigenvalue weighted by molar-refractivity contribution is -0.0168. The van der Waals surface area contributed by atoms with Gasteiger partial charge in [0, 0.05) is 6.54 Å². The molecule has 158 valence electrons. The lowest BCUT2D eigenvalue weighted by Gasteiger charge is -2.25. The van der Waals surface area contributed by atoms with Crippen molar-refractivity contribution in [3.63, 3.8) is 0 Å². The third-order valence-corrected chi connectivity index (χ3v) is 5.09. The van der Waals surface area contributed by atoms with Crippen molar-refractivity contribution in [3.05, 3.63) is 107 Å². The highest BCUT2D eigenvalue weighted by atomic mass is 16.5. The molecular weight excluding hydrogens is 374 g/mol. The number of rotatable bonds is 12. The van der Waals surface area contributed by atoms with Crippen LogP contribution in [-0.2, 0) is 29.2 Å². The second-order valence-electron chi connectivity index (χ2n) is 7.48. The van der Waals surface area contributed by atoms with E-state index in [0.717, 1.165) is 11.1 Å². The van der Waals surface area contributed by atoms with Crippen LogP contribution in [0.2, 0.25) is 0 Å². The summed E-state index contributed by atoms with van der Waals surface area (Å²) in [4.78, 5) is 0. The van der Waals surface area contributed by atoms with Gasteiger partial charge in [0.1, 0.15) is 0 Å². The fourth-order valence-electron chi connectivity index (χ4n) is 3.22. The molecule has 3 aromatic carbocycles. The van der Waals surface area contributed by atoms with Crippen molar-refractivity contribution in [2.45, 2.75) is 38.8 Å². The number of aliphatic hydroxyl groups is 1. The summed E-state index contributed by atoms with van der Waals surface area (Å²) in [5.74, 6) is 0. The van der Waals surface area contributed by atoms with E-state index < -0.39 is 6.10 Å². The van der Waals surface area contributed by atoms with Gasteiger partial charge in [-0.3, -0.25) is 0 Å². The second-order valence-corrected chi connectivity index (χ2v) is 7.48. The summed E-state index contributed by atoms with van der Waals surface area (Å²) in [6, 6.07) is 28.1. The van der Waals surface area contributed by atoms with Gasteiger partial charge in [0.15, 0.2) is 0 Å². The Morgan fingerprint density at radius 3 is 1.87 bits per heavy atom. The topological polar surface area (TPSA) is 50.7 Å². The molecule has 2 N–H and O–H groups in total. The molecule has 0 bridgehead atoms. The number of hydrogen-bond donors (Lipinski definition) is 2. The zero-order chi connectivity index (χ0) is 21.0. The number of hydrogen-bond acceptors (Lipinski definition) is 4. The standard InChI is InChI=1S/C26H31NO3/c1-21-10-8-9-15-24(21)16-27-25(19-29-17-22-11-4-2-5-12-22)26(28)20-30-18-23-13-6-3-7-14-23/h2-15,25-28H,16-20H2,1H3/t25-,26+/m1/s1. The molecule has 0 unspecified atom stereocenters. The first kappa shape index (κ1) is 22.2. The fourth-order valence-corrected chi connectivity index (χ4v) is 3.22. The molecule has 0 amide bonds. The molecule has 0 aliphatic carbocycles. The van der Waals surface area contributed by atoms with Gasteiger partial charge in [-0.25, -0.2) is 0 Å². The lowest BCUT2D eigenvalue weighted by Crippen LogP contribution is -2.45. The molecule has 0 radical (unpaired) electrons. The fraction of sp³-hybridized carbons (Fsp3) is 0.308. The van der Waals surface area contributed by atoms with Gasteiger partial charge in [-0.05, 0) is 29.2 Å². The Labute approximate surface area is 179 Å². The molecular formula is C26H31NO3. The minimum Gasteiger partial charge on any atom is -0.389 e. The normalized spacial score (nSPS) is 13.1. The van der Waals surface area contributed by atoms with Crippen molar-refractivity contribution in [2.24, 2.45) is 0 Å². The highest BCUT2D eigenvalue weighted by molar-refractivity contribution is 5.25. The third-order valence-electron chi connectivity index (χ3n) is 5.09. The van der Waals surface area contributed by atoms with E-state index >= 15 is 0 Å². The van der Waals surface area contributed by atoms with Crippen molar-refractivity contribution in [1.82, 2.24) is 5.32 Å². The summed E-state index contributed by atoms with van der Waals surface area (Å²) in [6.07, 6.45) is -0.673. The van der Waals surface area contributed by atoms with Crippen molar-refractivity contribution in [1.29, 1.82) is 0 Å². The molecule has 0 saturated carbocycles. The predicted molar refractivity (Wildman–Crippen MR) is 120 cm³/mol. The van der Waals surface area contributed by atoms with E-state index in [2.05, 4.69) is 24.4 Å². The lowest BCUT2D eigenvalue weighted by atomic mass is 10.1. The molecule has 30 heavy (non-hydrogen) atoms. The van der Waals surface area contributed by atoms with Gasteiger partial charge >= 0.3 is 0 Å². The molecule has 4 nitrogen and oxygen atoms in total. The van der Waals surface area contributed by atoms with Gasteiger partial charge in [-0.1, -0.05) is 84.9 Å². The minimum absolute atomic E-state index is 0.232. The number of aliphatic hydroxyl groups excluding tert-OH is 1. The quantitative estimate of drug-likeness (QED) is 0.473. The van der Waals surface area contributed by atoms with Crippen molar-refractivity contribution < 1.29 is 14.6 Å². The van der Waals surface area contributed by atoms with Crippen LogP contribution >= 0.6 is 0 Å². The largest absolute Gasteiger partial charge is 0.389 e. The van der Waals surface area contributed by atoms with Crippen LogP contribution in [0.4, 0.5) is 0 Å². The predicted octanol–water partition coefficient (Wildman–Crippen LogP) is 4.25. The van der Waals surface area contributed by atoms with Crippen LogP contribution in [0.25, 0.3) is 0 Å². The average molecular weight is 406 g/mol. The molecule has 3 rings (SSSR count). The molecule has 0 spiro atoms. The molecule has 3 aromatic rings. The Balaban J connectivity index is 1.53. The smallest absolute Gasteiger partial charge is 0.0948 e. The van der Waals surface area contributed by atoms with E-state index in [1.165, 1.54) is 11.1 Å². The maximum Gasteiger partial charge on any atom is 0.0948 e. The van der Waals surface area contributed by atoms with Gasteiger partial charge < -0.3 is 19.9 Å². The molecule has 0 heterocycles. The van der Waals surface area contributed by atoms with Crippen molar-refractivity contribution in [3.8, 4) is 0 Å². The minimum atomic E-state index is -0.673. The Morgan fingerprint density at radius 1 is 0.733 bits per heavy atom. The summed E-state index contributed by atoms with van der Waals surface area (Å²) in [6.45, 7) is 4.40. The highest BCUT2D eigenvalue weighted by Crippen LogP contribution is 2.09. The van der Waals surface area contributed by atoms with Crippen molar-refractivity contribution in [2.75, 3.05) is 13.2 Å². The van der Waals surface area contributed by atoms with Crippen LogP contribution in [-0.4, -0.2) is 30.5 Å². The van der Waals surface area contributed by atoms with Gasteiger partial charge in [0.25, 0.3) is 0 Å². The van der Waals surface area contributed by atoms with Crippen LogP contribution in [0.15, 0.2) is 84.9 Å². The van der Waals surface area contributed by atoms with E-state index in [9.17, 15) is 5.11 Å². The summed E-state index contributed by atoms with van der Waals surface area (Å²) in [7, 11) is 0. The van der Waals surface area contributed by atoms with Gasteiger partial charge in [-0.15, -0.1) is 0 Å². The Bertz CT molecular complexity index is 854. The van der Waals surface area contributed by atoms with E-state index in [1.807, 2.05) is 72.8 Å². The van der Waals surface area contributed by atoms with Crippen LogP contribution in [0.1, 0.15) is 22.3 Å². The summed E-state index contributed by atoms with van der Waals surface area (Å²) in [5, 5.41) is 14.2. The van der Waals surface area contributed by atoms with Crippen LogP contribution in [0, 0.1) is 6.92 Å². The number of ether oxygens (including phenoxy) is 2. The molecule has 0 aliphatic heterocycles. The van der Waals surface area contributed by atoms with E-state index in [-0.39, 0.29) is 12.6 Å². The van der Waals surface area contributed by atoms with Gasteiger partial charge in [0.2, 0.25) is 0 Å². The molecule has 0 aliphatic rings. The first-order chi connectivity index (χ1) is 14.7. The second kappa shape index (κ2) is 12.3. The Hall–Kier alpha value is -2.50. The summed E-state index contributed by atoms with van der Waals surface area (Å²) < 4.78 is 11.7. The molecule has 0 aromatic heterocycles. The monoisotopic (exact) mass is 405 g/mol. The highest BCUT2D eigenvalue weighted by Gasteiger charge is 2.20. The van der Waals surface area contributed by atoms with Crippen LogP contribution in [0.3, 0.4) is 0 Å². The SMILES string of the molecule is Cc1ccccc1CN[C@H](COCc1ccccc1)[C@@H](O)COCc1ccccc1. The number of aryl methyl sites for hydroxylation is 1. The number of benzene rings is 3. The molecule has 2 atom stereocenters. The first-order valence-electron chi connectivity index (χ1n) is 10.4. The van der Waals surface area contributed by atoms with E-state index in [1.54, 1.807) is 0 Å². The summed E-state index contributed by atoms with van der Waals surface area (Å²) >= 11 is 0. The van der Waals surface area contributed by atoms with Gasteiger partial charge in [0.05, 0.1) is 38.6 Å². The summed E-state index contributed by atoms with van der Waals surface area (Å²) in [5.41, 5.74) is 4.64. The van der Waals surface area contributed by atoms with Crippen LogP contribution < -0.4 is 5.32 Å². The molecule has 0 saturated heterocycles. The Kier molecular flexibility index (Phi) is 9.06. The van der Waals surface area contributed by atoms with Gasteiger partial charge in [-0.2, -0.15) is 0 Å². The molecule has 4 heteroatoms. The molecule has 0 fully saturated rings. The van der Waals surface area contributed by atoms with E-state index in [0.29, 0.717) is 26.4 Å². The maximum absolute atomic E-state index is 10.8. The van der Waals surface area contributed by atoms with E-state index in [4.69, 9.17) is 9.47 Å². The number of nitrogens with one attached hydrogen (secondary N) is 1. The zero-order valence-corrected chi connectivity index (χ0v) is 17.5.